The minimum atomic E-state index is -0.763. The van der Waals surface area contributed by atoms with Crippen molar-refractivity contribution < 1.29 is 9.72 Å². The van der Waals surface area contributed by atoms with Crippen LogP contribution in [-0.2, 0) is 6.54 Å². The number of rotatable bonds is 4. The third-order valence-electron chi connectivity index (χ3n) is 2.32. The average molecular weight is 334 g/mol. The molecule has 20 heavy (non-hydrogen) atoms. The number of Topliss-reactive ketones (excluding diaryl/α,β-unsaturated/α-hetero) is 1. The molecule has 0 radical (unpaired) electrons. The van der Waals surface area contributed by atoms with Crippen molar-refractivity contribution in [3.8, 4) is 0 Å². The molecule has 0 aliphatic rings. The Kier molecular flexibility index (Phi) is 4.17. The molecule has 0 atom stereocenters. The van der Waals surface area contributed by atoms with Crippen LogP contribution in [0.25, 0.3) is 0 Å². The summed E-state index contributed by atoms with van der Waals surface area (Å²) < 4.78 is 1.39. The summed E-state index contributed by atoms with van der Waals surface area (Å²) in [5.41, 5.74) is -0.978. The van der Waals surface area contributed by atoms with Crippen LogP contribution in [0.1, 0.15) is 10.4 Å². The molecule has 0 amide bonds. The maximum absolute atomic E-state index is 12.0. The molecule has 0 spiro atoms. The van der Waals surface area contributed by atoms with Crippen molar-refractivity contribution in [1.29, 1.82) is 0 Å². The summed E-state index contributed by atoms with van der Waals surface area (Å²) in [5.74, 6) is -0.484. The summed E-state index contributed by atoms with van der Waals surface area (Å²) in [6, 6.07) is 1.38. The second-order valence-electron chi connectivity index (χ2n) is 3.64. The zero-order valence-electron chi connectivity index (χ0n) is 9.58. The highest BCUT2D eigenvalue weighted by Crippen LogP contribution is 2.31. The van der Waals surface area contributed by atoms with E-state index >= 15 is 0 Å². The fraction of sp³-hybridized carbons (Fsp3) is 0.100. The van der Waals surface area contributed by atoms with E-state index in [0.29, 0.717) is 4.34 Å². The number of nitrogens with zero attached hydrogens (tertiary/aromatic N) is 3. The Morgan fingerprint density at radius 2 is 2.20 bits per heavy atom. The van der Waals surface area contributed by atoms with E-state index in [2.05, 4.69) is 4.98 Å². The van der Waals surface area contributed by atoms with Gasteiger partial charge in [-0.25, -0.2) is 4.79 Å². The predicted octanol–water partition coefficient (Wildman–Crippen LogP) is 2.40. The molecule has 7 nitrogen and oxygen atoms in total. The van der Waals surface area contributed by atoms with Crippen LogP contribution in [0.4, 0.5) is 5.69 Å². The van der Waals surface area contributed by atoms with E-state index in [9.17, 15) is 19.7 Å². The molecule has 104 valence electrons. The van der Waals surface area contributed by atoms with Crippen molar-refractivity contribution in [3.05, 3.63) is 53.3 Å². The standard InChI is InChI=1S/C10H5Cl2N3O4S/c11-8-1-6(9(12)20-8)7(16)4-14-3-5(15(18)19)2-13-10(14)17/h1-3H,4H2. The highest BCUT2D eigenvalue weighted by Gasteiger charge is 2.17. The summed E-state index contributed by atoms with van der Waals surface area (Å²) in [4.78, 5) is 36.7. The average Bonchev–Trinajstić information content (AvgIpc) is 2.71. The van der Waals surface area contributed by atoms with Crippen LogP contribution in [0, 0.1) is 10.1 Å². The van der Waals surface area contributed by atoms with Gasteiger partial charge in [0.05, 0.1) is 27.6 Å². The quantitative estimate of drug-likeness (QED) is 0.486. The first-order chi connectivity index (χ1) is 9.38. The molecular weight excluding hydrogens is 329 g/mol. The zero-order chi connectivity index (χ0) is 14.9. The number of aromatic nitrogens is 2. The van der Waals surface area contributed by atoms with Crippen molar-refractivity contribution in [2.45, 2.75) is 6.54 Å². The number of carbonyl (C=O) groups excluding carboxylic acids is 1. The molecule has 0 unspecified atom stereocenters. The first-order valence-electron chi connectivity index (χ1n) is 5.07. The number of thiophene rings is 1. The normalized spacial score (nSPS) is 10.5. The summed E-state index contributed by atoms with van der Waals surface area (Å²) in [7, 11) is 0. The largest absolute Gasteiger partial charge is 0.348 e. The Bertz CT molecular complexity index is 755. The summed E-state index contributed by atoms with van der Waals surface area (Å²) in [6.45, 7) is -0.402. The minimum Gasteiger partial charge on any atom is -0.292 e. The Hall–Kier alpha value is -1.77. The molecule has 10 heteroatoms. The lowest BCUT2D eigenvalue weighted by Crippen LogP contribution is -2.26. The predicted molar refractivity (Wildman–Crippen MR) is 73.8 cm³/mol. The van der Waals surface area contributed by atoms with Gasteiger partial charge in [-0.2, -0.15) is 4.98 Å². The third kappa shape index (κ3) is 3.03. The van der Waals surface area contributed by atoms with Crippen LogP contribution >= 0.6 is 34.5 Å². The second-order valence-corrected chi connectivity index (χ2v) is 5.93. The molecule has 2 aromatic rings. The number of hydrogen-bond acceptors (Lipinski definition) is 6. The maximum atomic E-state index is 12.0. The number of hydrogen-bond donors (Lipinski definition) is 0. The molecule has 0 fully saturated rings. The van der Waals surface area contributed by atoms with Crippen molar-refractivity contribution in [2.75, 3.05) is 0 Å². The number of nitro groups is 1. The van der Waals surface area contributed by atoms with Gasteiger partial charge in [-0.1, -0.05) is 23.2 Å². The summed E-state index contributed by atoms with van der Waals surface area (Å²) >= 11 is 12.6. The van der Waals surface area contributed by atoms with Crippen LogP contribution in [0.5, 0.6) is 0 Å². The third-order valence-corrected chi connectivity index (χ3v) is 3.81. The summed E-state index contributed by atoms with van der Waals surface area (Å²) in [6.07, 6.45) is 1.78. The first-order valence-corrected chi connectivity index (χ1v) is 6.64. The van der Waals surface area contributed by atoms with E-state index in [1.165, 1.54) is 6.07 Å². The van der Waals surface area contributed by atoms with Crippen molar-refractivity contribution in [1.82, 2.24) is 9.55 Å². The van der Waals surface area contributed by atoms with E-state index in [4.69, 9.17) is 23.2 Å². The Morgan fingerprint density at radius 3 is 2.75 bits per heavy atom. The fourth-order valence-corrected chi connectivity index (χ4v) is 2.92. The highest BCUT2D eigenvalue weighted by molar-refractivity contribution is 7.20. The van der Waals surface area contributed by atoms with Gasteiger partial charge < -0.3 is 0 Å². The van der Waals surface area contributed by atoms with E-state index in [1.807, 2.05) is 0 Å². The minimum absolute atomic E-state index is 0.167. The Balaban J connectivity index is 2.32. The van der Waals surface area contributed by atoms with Crippen molar-refractivity contribution in [2.24, 2.45) is 0 Å². The lowest BCUT2D eigenvalue weighted by atomic mass is 10.2. The Morgan fingerprint density at radius 1 is 1.50 bits per heavy atom. The molecule has 2 aromatic heterocycles. The van der Waals surface area contributed by atoms with Gasteiger partial charge in [0.15, 0.2) is 5.78 Å². The molecule has 0 bridgehead atoms. The molecule has 0 saturated carbocycles. The number of halogens is 2. The molecular formula is C10H5Cl2N3O4S. The number of ketones is 1. The van der Waals surface area contributed by atoms with Gasteiger partial charge in [0, 0.05) is 0 Å². The molecule has 0 aliphatic carbocycles. The van der Waals surface area contributed by atoms with E-state index in [0.717, 1.165) is 28.3 Å². The van der Waals surface area contributed by atoms with Crippen LogP contribution in [-0.4, -0.2) is 20.3 Å². The van der Waals surface area contributed by atoms with Crippen LogP contribution in [0.3, 0.4) is 0 Å². The van der Waals surface area contributed by atoms with Gasteiger partial charge in [0.1, 0.15) is 10.5 Å². The maximum Gasteiger partial charge on any atom is 0.348 e. The summed E-state index contributed by atoms with van der Waals surface area (Å²) in [5, 5.41) is 10.6. The smallest absolute Gasteiger partial charge is 0.292 e. The Labute approximate surface area is 125 Å². The van der Waals surface area contributed by atoms with Crippen LogP contribution in [0.2, 0.25) is 8.67 Å². The zero-order valence-corrected chi connectivity index (χ0v) is 11.9. The molecule has 0 N–H and O–H groups in total. The van der Waals surface area contributed by atoms with E-state index in [1.54, 1.807) is 0 Å². The molecule has 0 saturated heterocycles. The van der Waals surface area contributed by atoms with Crippen LogP contribution in [0.15, 0.2) is 23.3 Å². The van der Waals surface area contributed by atoms with Gasteiger partial charge in [-0.05, 0) is 6.07 Å². The topological polar surface area (TPSA) is 95.1 Å². The lowest BCUT2D eigenvalue weighted by molar-refractivity contribution is -0.385. The molecule has 0 aromatic carbocycles. The van der Waals surface area contributed by atoms with Crippen LogP contribution < -0.4 is 5.69 Å². The van der Waals surface area contributed by atoms with Gasteiger partial charge in [0.25, 0.3) is 0 Å². The first kappa shape index (κ1) is 14.6. The van der Waals surface area contributed by atoms with Gasteiger partial charge >= 0.3 is 11.4 Å². The SMILES string of the molecule is O=C(Cn1cc([N+](=O)[O-])cnc1=O)c1cc(Cl)sc1Cl. The molecule has 2 heterocycles. The second kappa shape index (κ2) is 5.70. The van der Waals surface area contributed by atoms with Gasteiger partial charge in [0.2, 0.25) is 0 Å². The molecule has 0 aliphatic heterocycles. The van der Waals surface area contributed by atoms with Crippen molar-refractivity contribution in [3.63, 3.8) is 0 Å². The van der Waals surface area contributed by atoms with Crippen molar-refractivity contribution >= 4 is 46.0 Å². The fourth-order valence-electron chi connectivity index (χ4n) is 1.42. The lowest BCUT2D eigenvalue weighted by Gasteiger charge is -2.03. The van der Waals surface area contributed by atoms with E-state index < -0.39 is 22.9 Å². The monoisotopic (exact) mass is 333 g/mol. The molecule has 2 rings (SSSR count). The van der Waals surface area contributed by atoms with Gasteiger partial charge in [-0.3, -0.25) is 19.5 Å². The highest BCUT2D eigenvalue weighted by atomic mass is 35.5. The number of carbonyl (C=O) groups is 1. The van der Waals surface area contributed by atoms with E-state index in [-0.39, 0.29) is 15.6 Å². The van der Waals surface area contributed by atoms with Gasteiger partial charge in [-0.15, -0.1) is 11.3 Å².